The number of carbonyl (C=O) groups is 1. The summed E-state index contributed by atoms with van der Waals surface area (Å²) in [5.41, 5.74) is -0.313. The number of amides is 1. The van der Waals surface area contributed by atoms with Crippen molar-refractivity contribution >= 4 is 22.7 Å². The van der Waals surface area contributed by atoms with Crippen LogP contribution in [0.4, 0.5) is 18.9 Å². The van der Waals surface area contributed by atoms with Crippen LogP contribution in [0.1, 0.15) is 18.9 Å². The van der Waals surface area contributed by atoms with Crippen LogP contribution in [-0.4, -0.2) is 17.1 Å². The number of carbonyl (C=O) groups excluding carboxylic acids is 1. The minimum atomic E-state index is -4.57. The monoisotopic (exact) mass is 394 g/mol. The van der Waals surface area contributed by atoms with Crippen molar-refractivity contribution in [1.29, 1.82) is 0 Å². The first-order chi connectivity index (χ1) is 13.3. The highest BCUT2D eigenvalue weighted by Gasteiger charge is 2.31. The van der Waals surface area contributed by atoms with Gasteiger partial charge in [0.05, 0.1) is 23.4 Å². The number of hydrogen-bond acceptors (Lipinski definition) is 4. The molecule has 0 spiro atoms. The zero-order chi connectivity index (χ0) is 20.3. The van der Waals surface area contributed by atoms with E-state index in [1.54, 1.807) is 24.3 Å². The number of ether oxygens (including phenoxy) is 1. The summed E-state index contributed by atoms with van der Waals surface area (Å²) >= 11 is 0. The van der Waals surface area contributed by atoms with Gasteiger partial charge in [-0.1, -0.05) is 19.1 Å². The number of nitrogens with one attached hydrogen (secondary N) is 1. The highest BCUT2D eigenvalue weighted by atomic mass is 19.4. The quantitative estimate of drug-likeness (QED) is 0.685. The summed E-state index contributed by atoms with van der Waals surface area (Å²) in [6, 6.07) is 9.38. The lowest BCUT2D eigenvalue weighted by Gasteiger charge is -2.15. The Balaban J connectivity index is 1.87. The van der Waals surface area contributed by atoms with Crippen LogP contribution in [0.25, 0.3) is 11.1 Å². The van der Waals surface area contributed by atoms with Gasteiger partial charge >= 0.3 is 11.9 Å². The molecule has 28 heavy (non-hydrogen) atoms. The fourth-order valence-corrected chi connectivity index (χ4v) is 2.64. The number of oxazole rings is 1. The predicted octanol–water partition coefficient (Wildman–Crippen LogP) is 4.04. The SMILES string of the molecule is CCCOc1ccc(C(F)(F)F)cc1NC(=O)Cn1c(=O)oc2ccccc21. The number of anilines is 1. The molecule has 1 heterocycles. The number of benzene rings is 2. The summed E-state index contributed by atoms with van der Waals surface area (Å²) in [6.07, 6.45) is -3.93. The number of hydrogen-bond donors (Lipinski definition) is 1. The number of nitrogens with zero attached hydrogens (tertiary/aromatic N) is 1. The number of rotatable bonds is 6. The zero-order valence-electron chi connectivity index (χ0n) is 14.9. The lowest BCUT2D eigenvalue weighted by molar-refractivity contribution is -0.137. The lowest BCUT2D eigenvalue weighted by Crippen LogP contribution is -2.25. The smallest absolute Gasteiger partial charge is 0.420 e. The molecule has 0 saturated carbocycles. The second-order valence-electron chi connectivity index (χ2n) is 6.03. The summed E-state index contributed by atoms with van der Waals surface area (Å²) < 4.78 is 50.6. The summed E-state index contributed by atoms with van der Waals surface area (Å²) in [5, 5.41) is 2.40. The van der Waals surface area contributed by atoms with E-state index in [0.717, 1.165) is 22.8 Å². The number of fused-ring (bicyclic) bond motifs is 1. The van der Waals surface area contributed by atoms with E-state index in [1.165, 1.54) is 0 Å². The molecular weight excluding hydrogens is 377 g/mol. The van der Waals surface area contributed by atoms with Gasteiger partial charge in [-0.25, -0.2) is 4.79 Å². The summed E-state index contributed by atoms with van der Waals surface area (Å²) in [5.74, 6) is -1.30. The van der Waals surface area contributed by atoms with Gasteiger partial charge in [0.25, 0.3) is 0 Å². The molecule has 1 N–H and O–H groups in total. The minimum Gasteiger partial charge on any atom is -0.491 e. The topological polar surface area (TPSA) is 73.5 Å². The van der Waals surface area contributed by atoms with Crippen LogP contribution in [0.2, 0.25) is 0 Å². The Hall–Kier alpha value is -3.23. The zero-order valence-corrected chi connectivity index (χ0v) is 14.9. The van der Waals surface area contributed by atoms with Gasteiger partial charge in [-0.2, -0.15) is 13.2 Å². The standard InChI is InChI=1S/C19H17F3N2O4/c1-2-9-27-15-8-7-12(19(20,21)22)10-13(15)23-17(25)11-24-14-5-3-4-6-16(14)28-18(24)26/h3-8,10H,2,9,11H2,1H3,(H,23,25). The van der Waals surface area contributed by atoms with Crippen molar-refractivity contribution in [2.24, 2.45) is 0 Å². The van der Waals surface area contributed by atoms with Crippen molar-refractivity contribution in [1.82, 2.24) is 4.57 Å². The molecule has 9 heteroatoms. The molecule has 0 bridgehead atoms. The van der Waals surface area contributed by atoms with E-state index in [-0.39, 0.29) is 18.0 Å². The maximum Gasteiger partial charge on any atom is 0.420 e. The minimum absolute atomic E-state index is 0.117. The molecule has 6 nitrogen and oxygen atoms in total. The molecule has 3 rings (SSSR count). The third-order valence-corrected chi connectivity index (χ3v) is 3.92. The first-order valence-electron chi connectivity index (χ1n) is 8.52. The third kappa shape index (κ3) is 4.19. The highest BCUT2D eigenvalue weighted by Crippen LogP contribution is 2.35. The van der Waals surface area contributed by atoms with Crippen LogP contribution in [0.15, 0.2) is 51.7 Å². The van der Waals surface area contributed by atoms with Crippen LogP contribution in [0, 0.1) is 0 Å². The van der Waals surface area contributed by atoms with Crippen LogP contribution < -0.4 is 15.8 Å². The number of alkyl halides is 3. The van der Waals surface area contributed by atoms with Crippen LogP contribution >= 0.6 is 0 Å². The number of aromatic nitrogens is 1. The van der Waals surface area contributed by atoms with Crippen LogP contribution in [0.3, 0.4) is 0 Å². The van der Waals surface area contributed by atoms with Crippen LogP contribution in [-0.2, 0) is 17.5 Å². The lowest BCUT2D eigenvalue weighted by atomic mass is 10.1. The van der Waals surface area contributed by atoms with Crippen molar-refractivity contribution in [3.8, 4) is 5.75 Å². The average Bonchev–Trinajstić information content (AvgIpc) is 2.95. The van der Waals surface area contributed by atoms with Gasteiger partial charge < -0.3 is 14.5 Å². The molecule has 0 atom stereocenters. The van der Waals surface area contributed by atoms with Gasteiger partial charge in [0, 0.05) is 0 Å². The van der Waals surface area contributed by atoms with E-state index in [1.807, 2.05) is 6.92 Å². The van der Waals surface area contributed by atoms with E-state index in [4.69, 9.17) is 9.15 Å². The van der Waals surface area contributed by atoms with Gasteiger partial charge in [-0.15, -0.1) is 0 Å². The van der Waals surface area contributed by atoms with Gasteiger partial charge in [0.2, 0.25) is 5.91 Å². The van der Waals surface area contributed by atoms with Gasteiger partial charge in [-0.3, -0.25) is 9.36 Å². The second kappa shape index (κ2) is 7.79. The Morgan fingerprint density at radius 3 is 2.68 bits per heavy atom. The van der Waals surface area contributed by atoms with Crippen molar-refractivity contribution in [3.05, 3.63) is 58.6 Å². The average molecular weight is 394 g/mol. The number of para-hydroxylation sites is 2. The molecule has 0 unspecified atom stereocenters. The summed E-state index contributed by atoms with van der Waals surface area (Å²) in [7, 11) is 0. The predicted molar refractivity (Wildman–Crippen MR) is 96.3 cm³/mol. The van der Waals surface area contributed by atoms with Gasteiger partial charge in [-0.05, 0) is 36.8 Å². The molecule has 3 aromatic rings. The van der Waals surface area contributed by atoms with E-state index < -0.39 is 29.9 Å². The third-order valence-electron chi connectivity index (χ3n) is 3.92. The molecule has 0 aliphatic heterocycles. The Morgan fingerprint density at radius 2 is 1.96 bits per heavy atom. The fourth-order valence-electron chi connectivity index (χ4n) is 2.64. The van der Waals surface area contributed by atoms with Crippen molar-refractivity contribution in [3.63, 3.8) is 0 Å². The van der Waals surface area contributed by atoms with Crippen LogP contribution in [0.5, 0.6) is 5.75 Å². The summed E-state index contributed by atoms with van der Waals surface area (Å²) in [6.45, 7) is 1.71. The van der Waals surface area contributed by atoms with Crippen molar-refractivity contribution < 1.29 is 27.1 Å². The second-order valence-corrected chi connectivity index (χ2v) is 6.03. The highest BCUT2D eigenvalue weighted by molar-refractivity contribution is 5.93. The number of halogens is 3. The Morgan fingerprint density at radius 1 is 1.21 bits per heavy atom. The van der Waals surface area contributed by atoms with Crippen molar-refractivity contribution in [2.75, 3.05) is 11.9 Å². The van der Waals surface area contributed by atoms with Gasteiger partial charge in [0.1, 0.15) is 12.3 Å². The van der Waals surface area contributed by atoms with E-state index >= 15 is 0 Å². The molecule has 2 aromatic carbocycles. The van der Waals surface area contributed by atoms with Crippen molar-refractivity contribution in [2.45, 2.75) is 26.1 Å². The Labute approximate surface area is 157 Å². The molecule has 1 amide bonds. The molecule has 1 aromatic heterocycles. The molecule has 0 saturated heterocycles. The molecule has 0 radical (unpaired) electrons. The molecule has 0 aliphatic rings. The molecule has 0 fully saturated rings. The first kappa shape index (κ1) is 19.5. The van der Waals surface area contributed by atoms with E-state index in [0.29, 0.717) is 17.5 Å². The molecule has 148 valence electrons. The maximum absolute atomic E-state index is 13.0. The van der Waals surface area contributed by atoms with E-state index in [2.05, 4.69) is 5.32 Å². The first-order valence-corrected chi connectivity index (χ1v) is 8.52. The normalized spacial score (nSPS) is 11.6. The summed E-state index contributed by atoms with van der Waals surface area (Å²) in [4.78, 5) is 24.4. The Bertz CT molecular complexity index is 1050. The van der Waals surface area contributed by atoms with Gasteiger partial charge in [0.15, 0.2) is 5.58 Å². The Kier molecular flexibility index (Phi) is 5.43. The molecular formula is C19H17F3N2O4. The fraction of sp³-hybridized carbons (Fsp3) is 0.263. The maximum atomic E-state index is 13.0. The van der Waals surface area contributed by atoms with E-state index in [9.17, 15) is 22.8 Å². The molecule has 0 aliphatic carbocycles. The largest absolute Gasteiger partial charge is 0.491 e.